The van der Waals surface area contributed by atoms with Crippen molar-refractivity contribution in [3.63, 3.8) is 0 Å². The summed E-state index contributed by atoms with van der Waals surface area (Å²) in [4.78, 5) is 25.6. The molecule has 0 aromatic rings. The summed E-state index contributed by atoms with van der Waals surface area (Å²) in [6.45, 7) is 4.46. The number of amides is 2. The van der Waals surface area contributed by atoms with Crippen LogP contribution in [0.15, 0.2) is 0 Å². The van der Waals surface area contributed by atoms with Gasteiger partial charge in [0.15, 0.2) is 0 Å². The Morgan fingerprint density at radius 2 is 2.14 bits per heavy atom. The number of hydrogen-bond donors (Lipinski definition) is 1. The third-order valence-corrected chi connectivity index (χ3v) is 2.96. The van der Waals surface area contributed by atoms with Gasteiger partial charge in [0.05, 0.1) is 0 Å². The lowest BCUT2D eigenvalue weighted by atomic mass is 9.97. The lowest BCUT2D eigenvalue weighted by Crippen LogP contribution is -2.53. The molecule has 0 saturated carbocycles. The number of carboxylic acids is 1. The Balaban J connectivity index is 2.91. The van der Waals surface area contributed by atoms with E-state index < -0.39 is 11.5 Å². The zero-order chi connectivity index (χ0) is 10.9. The van der Waals surface area contributed by atoms with Crippen molar-refractivity contribution >= 4 is 12.0 Å². The first-order chi connectivity index (χ1) is 6.43. The summed E-state index contributed by atoms with van der Waals surface area (Å²) < 4.78 is 0. The number of aliphatic carboxylic acids is 1. The highest BCUT2D eigenvalue weighted by Gasteiger charge is 2.44. The second kappa shape index (κ2) is 3.48. The van der Waals surface area contributed by atoms with Gasteiger partial charge in [-0.25, -0.2) is 9.59 Å². The molecule has 1 fully saturated rings. The highest BCUT2D eigenvalue weighted by Crippen LogP contribution is 2.24. The maximum Gasteiger partial charge on any atom is 0.329 e. The number of carbonyl (C=O) groups excluding carboxylic acids is 1. The van der Waals surface area contributed by atoms with Crippen LogP contribution in [0.2, 0.25) is 0 Å². The van der Waals surface area contributed by atoms with Crippen molar-refractivity contribution in [1.29, 1.82) is 0 Å². The van der Waals surface area contributed by atoms with Gasteiger partial charge in [0.2, 0.25) is 0 Å². The maximum absolute atomic E-state index is 11.6. The lowest BCUT2D eigenvalue weighted by molar-refractivity contribution is -0.148. The molecule has 1 heterocycles. The third kappa shape index (κ3) is 1.42. The molecular weight excluding hydrogens is 184 g/mol. The van der Waals surface area contributed by atoms with Crippen molar-refractivity contribution < 1.29 is 14.7 Å². The van der Waals surface area contributed by atoms with Gasteiger partial charge in [0, 0.05) is 20.1 Å². The Labute approximate surface area is 83.3 Å². The van der Waals surface area contributed by atoms with Crippen LogP contribution in [0.4, 0.5) is 4.79 Å². The molecule has 80 valence electrons. The molecule has 5 nitrogen and oxygen atoms in total. The average Bonchev–Trinajstić information content (AvgIpc) is 2.46. The summed E-state index contributed by atoms with van der Waals surface area (Å²) in [5, 5.41) is 9.08. The highest BCUT2D eigenvalue weighted by atomic mass is 16.4. The minimum absolute atomic E-state index is 0.197. The van der Waals surface area contributed by atoms with Crippen LogP contribution in [-0.4, -0.2) is 52.6 Å². The lowest BCUT2D eigenvalue weighted by Gasteiger charge is -2.33. The molecule has 1 saturated heterocycles. The Kier molecular flexibility index (Phi) is 2.69. The summed E-state index contributed by atoms with van der Waals surface area (Å²) >= 11 is 0. The molecule has 0 aromatic heterocycles. The molecule has 5 heteroatoms. The van der Waals surface area contributed by atoms with E-state index in [1.165, 1.54) is 9.80 Å². The van der Waals surface area contributed by atoms with Crippen LogP contribution >= 0.6 is 0 Å². The van der Waals surface area contributed by atoms with Gasteiger partial charge in [-0.1, -0.05) is 6.92 Å². The number of nitrogens with zero attached hydrogens (tertiary/aromatic N) is 2. The fourth-order valence-corrected chi connectivity index (χ4v) is 1.56. The van der Waals surface area contributed by atoms with Crippen LogP contribution in [0.25, 0.3) is 0 Å². The smallest absolute Gasteiger partial charge is 0.329 e. The van der Waals surface area contributed by atoms with Crippen LogP contribution in [0.3, 0.4) is 0 Å². The van der Waals surface area contributed by atoms with Crippen LogP contribution in [0.5, 0.6) is 0 Å². The van der Waals surface area contributed by atoms with Crippen molar-refractivity contribution in [2.24, 2.45) is 0 Å². The first kappa shape index (κ1) is 10.8. The van der Waals surface area contributed by atoms with Crippen LogP contribution in [0.1, 0.15) is 20.3 Å². The van der Waals surface area contributed by atoms with Gasteiger partial charge >= 0.3 is 12.0 Å². The molecule has 1 rings (SSSR count). The van der Waals surface area contributed by atoms with Crippen molar-refractivity contribution in [2.45, 2.75) is 25.8 Å². The van der Waals surface area contributed by atoms with Gasteiger partial charge in [0.1, 0.15) is 5.54 Å². The largest absolute Gasteiger partial charge is 0.480 e. The van der Waals surface area contributed by atoms with E-state index in [1.54, 1.807) is 20.9 Å². The van der Waals surface area contributed by atoms with Gasteiger partial charge in [0.25, 0.3) is 0 Å². The normalized spacial score (nSPS) is 21.2. The first-order valence-corrected chi connectivity index (χ1v) is 4.69. The van der Waals surface area contributed by atoms with E-state index >= 15 is 0 Å². The van der Waals surface area contributed by atoms with Crippen LogP contribution in [0, 0.1) is 0 Å². The minimum atomic E-state index is -1.07. The molecule has 14 heavy (non-hydrogen) atoms. The van der Waals surface area contributed by atoms with Crippen LogP contribution < -0.4 is 0 Å². The van der Waals surface area contributed by atoms with Crippen molar-refractivity contribution in [1.82, 2.24) is 9.80 Å². The summed E-state index contributed by atoms with van der Waals surface area (Å²) in [6.07, 6.45) is 0.419. The number of likely N-dealkylation sites (N-methyl/N-ethyl adjacent to an activating group) is 1. The molecule has 1 N–H and O–H groups in total. The molecular formula is C9H16N2O3. The van der Waals surface area contributed by atoms with E-state index in [-0.39, 0.29) is 6.03 Å². The zero-order valence-electron chi connectivity index (χ0n) is 8.78. The monoisotopic (exact) mass is 200 g/mol. The molecule has 0 spiro atoms. The topological polar surface area (TPSA) is 60.9 Å². The van der Waals surface area contributed by atoms with E-state index in [9.17, 15) is 9.59 Å². The standard InChI is InChI=1S/C9H16N2O3/c1-4-9(2,7(12)13)11-6-5-10(3)8(11)14/h4-6H2,1-3H3,(H,12,13). The summed E-state index contributed by atoms with van der Waals surface area (Å²) in [5.41, 5.74) is -1.07. The Bertz CT molecular complexity index is 267. The minimum Gasteiger partial charge on any atom is -0.480 e. The molecule has 1 aliphatic rings. The van der Waals surface area contributed by atoms with Gasteiger partial charge in [-0.3, -0.25) is 0 Å². The summed E-state index contributed by atoms with van der Waals surface area (Å²) in [5.74, 6) is -0.941. The predicted octanol–water partition coefficient (Wildman–Crippen LogP) is 0.607. The Morgan fingerprint density at radius 3 is 2.43 bits per heavy atom. The predicted molar refractivity (Wildman–Crippen MR) is 51.1 cm³/mol. The van der Waals surface area contributed by atoms with Gasteiger partial charge in [-0.05, 0) is 13.3 Å². The Hall–Kier alpha value is -1.26. The molecule has 0 aromatic carbocycles. The van der Waals surface area contributed by atoms with E-state index in [0.717, 1.165) is 0 Å². The Morgan fingerprint density at radius 1 is 1.57 bits per heavy atom. The quantitative estimate of drug-likeness (QED) is 0.726. The second-order valence-corrected chi connectivity index (χ2v) is 3.79. The first-order valence-electron chi connectivity index (χ1n) is 4.69. The van der Waals surface area contributed by atoms with E-state index in [4.69, 9.17) is 5.11 Å². The average molecular weight is 200 g/mol. The SMILES string of the molecule is CCC(C)(C(=O)O)N1CCN(C)C1=O. The van der Waals surface area contributed by atoms with E-state index in [0.29, 0.717) is 19.5 Å². The summed E-state index contributed by atoms with van der Waals surface area (Å²) in [7, 11) is 1.68. The number of urea groups is 1. The molecule has 0 bridgehead atoms. The fraction of sp³-hybridized carbons (Fsp3) is 0.778. The van der Waals surface area contributed by atoms with E-state index in [2.05, 4.69) is 0 Å². The van der Waals surface area contributed by atoms with Crippen molar-refractivity contribution in [3.05, 3.63) is 0 Å². The second-order valence-electron chi connectivity index (χ2n) is 3.79. The molecule has 0 aliphatic carbocycles. The van der Waals surface area contributed by atoms with Crippen molar-refractivity contribution in [2.75, 3.05) is 20.1 Å². The van der Waals surface area contributed by atoms with E-state index in [1.807, 2.05) is 0 Å². The molecule has 1 atom stereocenters. The number of rotatable bonds is 3. The maximum atomic E-state index is 11.6. The number of carboxylic acid groups (broad SMARTS) is 1. The molecule has 1 aliphatic heterocycles. The highest BCUT2D eigenvalue weighted by molar-refractivity contribution is 5.86. The third-order valence-electron chi connectivity index (χ3n) is 2.96. The van der Waals surface area contributed by atoms with Crippen LogP contribution in [-0.2, 0) is 4.79 Å². The summed E-state index contributed by atoms with van der Waals surface area (Å²) in [6, 6.07) is -0.197. The fourth-order valence-electron chi connectivity index (χ4n) is 1.56. The number of hydrogen-bond acceptors (Lipinski definition) is 2. The molecule has 1 unspecified atom stereocenters. The van der Waals surface area contributed by atoms with Crippen molar-refractivity contribution in [3.8, 4) is 0 Å². The zero-order valence-corrected chi connectivity index (χ0v) is 8.78. The molecule has 0 radical (unpaired) electrons. The molecule has 2 amide bonds. The van der Waals surface area contributed by atoms with Gasteiger partial charge < -0.3 is 14.9 Å². The number of carbonyl (C=O) groups is 2. The van der Waals surface area contributed by atoms with Gasteiger partial charge in [-0.15, -0.1) is 0 Å². The van der Waals surface area contributed by atoms with Gasteiger partial charge in [-0.2, -0.15) is 0 Å².